The molecule has 0 spiro atoms. The molecule has 0 aromatic heterocycles. The van der Waals surface area contributed by atoms with Gasteiger partial charge in [0.2, 0.25) is 0 Å². The predicted octanol–water partition coefficient (Wildman–Crippen LogP) is 5.51. The van der Waals surface area contributed by atoms with Crippen molar-refractivity contribution in [1.82, 2.24) is 0 Å². The lowest BCUT2D eigenvalue weighted by Gasteiger charge is -2.12. The van der Waals surface area contributed by atoms with Crippen molar-refractivity contribution in [2.24, 2.45) is 4.99 Å². The minimum Gasteiger partial charge on any atom is -0.496 e. The third-order valence-electron chi connectivity index (χ3n) is 3.65. The molecule has 3 rings (SSSR count). The summed E-state index contributed by atoms with van der Waals surface area (Å²) in [6, 6.07) is 8.64. The smallest absolute Gasteiger partial charge is 0.280 e. The summed E-state index contributed by atoms with van der Waals surface area (Å²) in [5.74, 6) is 1.04. The third kappa shape index (κ3) is 4.57. The highest BCUT2D eigenvalue weighted by Crippen LogP contribution is 2.37. The average molecular weight is 551 g/mol. The number of aliphatic imine (C=N–C) groups is 1. The first-order valence-corrected chi connectivity index (χ1v) is 9.92. The Morgan fingerprint density at radius 2 is 2.15 bits per heavy atom. The van der Waals surface area contributed by atoms with E-state index in [1.54, 1.807) is 24.3 Å². The number of hydrogen-bond acceptors (Lipinski definition) is 4. The van der Waals surface area contributed by atoms with Gasteiger partial charge in [-0.05, 0) is 52.9 Å². The molecule has 2 aromatic carbocycles. The van der Waals surface area contributed by atoms with Crippen molar-refractivity contribution in [3.8, 4) is 17.2 Å². The lowest BCUT2D eigenvalue weighted by atomic mass is 10.1. The van der Waals surface area contributed by atoms with E-state index in [0.29, 0.717) is 47.5 Å². The van der Waals surface area contributed by atoms with Crippen LogP contribution in [-0.2, 0) is 4.74 Å². The molecule has 1 aliphatic rings. The van der Waals surface area contributed by atoms with E-state index >= 15 is 0 Å². The Hall–Kier alpha value is -1.16. The normalized spacial score (nSPS) is 15.3. The first-order valence-electron chi connectivity index (χ1n) is 7.67. The maximum Gasteiger partial charge on any atom is 0.280 e. The SMILES string of the molecule is COc1ccc(Oc2c(Cl)cc(Br)cc2I)cc1C(=O)N=C1CCOC1. The monoisotopic (exact) mass is 549 g/mol. The van der Waals surface area contributed by atoms with Crippen LogP contribution in [0.15, 0.2) is 39.8 Å². The molecule has 0 radical (unpaired) electrons. The van der Waals surface area contributed by atoms with Crippen molar-refractivity contribution in [3.05, 3.63) is 49.0 Å². The van der Waals surface area contributed by atoms with Gasteiger partial charge in [0.15, 0.2) is 5.75 Å². The fraction of sp³-hybridized carbons (Fsp3) is 0.222. The number of rotatable bonds is 4. The van der Waals surface area contributed by atoms with Crippen LogP contribution in [0.25, 0.3) is 0 Å². The van der Waals surface area contributed by atoms with Crippen LogP contribution in [0.4, 0.5) is 0 Å². The summed E-state index contributed by atoms with van der Waals surface area (Å²) in [5, 5.41) is 0.468. The lowest BCUT2D eigenvalue weighted by Crippen LogP contribution is -2.05. The maximum atomic E-state index is 12.6. The van der Waals surface area contributed by atoms with Crippen molar-refractivity contribution >= 4 is 61.7 Å². The quantitative estimate of drug-likeness (QED) is 0.472. The Balaban J connectivity index is 1.92. The van der Waals surface area contributed by atoms with E-state index in [2.05, 4.69) is 43.5 Å². The van der Waals surface area contributed by atoms with Gasteiger partial charge in [-0.3, -0.25) is 4.79 Å². The molecule has 2 aromatic rings. The number of carbonyl (C=O) groups excluding carboxylic acids is 1. The van der Waals surface area contributed by atoms with Crippen LogP contribution >= 0.6 is 50.1 Å². The summed E-state index contributed by atoms with van der Waals surface area (Å²) in [6.45, 7) is 0.976. The van der Waals surface area contributed by atoms with E-state index in [1.165, 1.54) is 7.11 Å². The topological polar surface area (TPSA) is 57.1 Å². The van der Waals surface area contributed by atoms with E-state index in [0.717, 1.165) is 13.8 Å². The summed E-state index contributed by atoms with van der Waals surface area (Å²) in [5.41, 5.74) is 1.06. The number of benzene rings is 2. The molecule has 0 aliphatic carbocycles. The largest absolute Gasteiger partial charge is 0.496 e. The molecule has 0 bridgehead atoms. The number of carbonyl (C=O) groups is 1. The van der Waals surface area contributed by atoms with E-state index in [9.17, 15) is 4.79 Å². The van der Waals surface area contributed by atoms with E-state index < -0.39 is 0 Å². The highest BCUT2D eigenvalue weighted by Gasteiger charge is 2.18. The van der Waals surface area contributed by atoms with E-state index in [4.69, 9.17) is 25.8 Å². The molecule has 5 nitrogen and oxygen atoms in total. The van der Waals surface area contributed by atoms with Gasteiger partial charge in [-0.1, -0.05) is 27.5 Å². The van der Waals surface area contributed by atoms with Crippen LogP contribution in [0.1, 0.15) is 16.8 Å². The van der Waals surface area contributed by atoms with Crippen LogP contribution in [0.3, 0.4) is 0 Å². The van der Waals surface area contributed by atoms with Crippen molar-refractivity contribution in [3.63, 3.8) is 0 Å². The first-order chi connectivity index (χ1) is 12.5. The molecule has 1 amide bonds. The van der Waals surface area contributed by atoms with Crippen LogP contribution < -0.4 is 9.47 Å². The number of nitrogens with zero attached hydrogens (tertiary/aromatic N) is 1. The van der Waals surface area contributed by atoms with E-state index in [1.807, 2.05) is 6.07 Å². The number of hydrogen-bond donors (Lipinski definition) is 0. The zero-order valence-corrected chi connectivity index (χ0v) is 18.2. The lowest BCUT2D eigenvalue weighted by molar-refractivity contribution is 0.0999. The van der Waals surface area contributed by atoms with Crippen LogP contribution in [0.5, 0.6) is 17.2 Å². The second-order valence-electron chi connectivity index (χ2n) is 5.45. The predicted molar refractivity (Wildman–Crippen MR) is 112 cm³/mol. The zero-order chi connectivity index (χ0) is 18.7. The molecular formula is C18H14BrClINO4. The van der Waals surface area contributed by atoms with Crippen molar-refractivity contribution in [2.45, 2.75) is 6.42 Å². The summed E-state index contributed by atoms with van der Waals surface area (Å²) >= 11 is 11.8. The Morgan fingerprint density at radius 3 is 2.81 bits per heavy atom. The Morgan fingerprint density at radius 1 is 1.35 bits per heavy atom. The van der Waals surface area contributed by atoms with Crippen molar-refractivity contribution < 1.29 is 19.0 Å². The number of ether oxygens (including phenoxy) is 3. The van der Waals surface area contributed by atoms with Crippen molar-refractivity contribution in [1.29, 1.82) is 0 Å². The highest BCUT2D eigenvalue weighted by atomic mass is 127. The van der Waals surface area contributed by atoms with Gasteiger partial charge in [-0.15, -0.1) is 0 Å². The second-order valence-corrected chi connectivity index (χ2v) is 7.93. The molecule has 0 unspecified atom stereocenters. The fourth-order valence-corrected chi connectivity index (χ4v) is 4.58. The number of halogens is 3. The van der Waals surface area contributed by atoms with E-state index in [-0.39, 0.29) is 5.91 Å². The molecule has 1 saturated heterocycles. The third-order valence-corrected chi connectivity index (χ3v) is 5.19. The van der Waals surface area contributed by atoms with Gasteiger partial charge >= 0.3 is 0 Å². The van der Waals surface area contributed by atoms with Gasteiger partial charge in [-0.25, -0.2) is 4.99 Å². The van der Waals surface area contributed by atoms with Crippen LogP contribution in [0.2, 0.25) is 5.02 Å². The van der Waals surface area contributed by atoms with Gasteiger partial charge in [0.05, 0.1) is 40.2 Å². The molecule has 0 N–H and O–H groups in total. The Labute approximate surface area is 178 Å². The number of amides is 1. The summed E-state index contributed by atoms with van der Waals surface area (Å²) in [7, 11) is 1.51. The van der Waals surface area contributed by atoms with Crippen LogP contribution in [-0.4, -0.2) is 31.9 Å². The molecule has 1 fully saturated rings. The Bertz CT molecular complexity index is 856. The molecule has 26 heavy (non-hydrogen) atoms. The van der Waals surface area contributed by atoms with Gasteiger partial charge in [0.25, 0.3) is 5.91 Å². The van der Waals surface area contributed by atoms with Gasteiger partial charge in [-0.2, -0.15) is 0 Å². The number of methoxy groups -OCH3 is 1. The van der Waals surface area contributed by atoms with Gasteiger partial charge in [0.1, 0.15) is 11.5 Å². The van der Waals surface area contributed by atoms with Gasteiger partial charge < -0.3 is 14.2 Å². The molecule has 8 heteroatoms. The molecule has 136 valence electrons. The average Bonchev–Trinajstić information content (AvgIpc) is 3.10. The Kier molecular flexibility index (Phi) is 6.55. The molecule has 0 atom stereocenters. The molecular weight excluding hydrogens is 536 g/mol. The minimum absolute atomic E-state index is 0.327. The molecule has 1 aliphatic heterocycles. The first kappa shape index (κ1) is 19.6. The van der Waals surface area contributed by atoms with Crippen molar-refractivity contribution in [2.75, 3.05) is 20.3 Å². The van der Waals surface area contributed by atoms with Gasteiger partial charge in [0, 0.05) is 10.9 Å². The maximum absolute atomic E-state index is 12.6. The minimum atomic E-state index is -0.385. The zero-order valence-electron chi connectivity index (χ0n) is 13.7. The highest BCUT2D eigenvalue weighted by molar-refractivity contribution is 14.1. The fourth-order valence-electron chi connectivity index (χ4n) is 2.41. The molecule has 1 heterocycles. The second kappa shape index (κ2) is 8.69. The summed E-state index contributed by atoms with van der Waals surface area (Å²) < 4.78 is 18.1. The summed E-state index contributed by atoms with van der Waals surface area (Å²) in [6.07, 6.45) is 0.664. The van der Waals surface area contributed by atoms with Crippen LogP contribution in [0, 0.1) is 3.57 Å². The summed E-state index contributed by atoms with van der Waals surface area (Å²) in [4.78, 5) is 16.7. The molecule has 0 saturated carbocycles. The standard InChI is InChI=1S/C18H14BrClINO4/c1-24-16-3-2-12(26-17-14(20)6-10(19)7-15(17)21)8-13(16)18(23)22-11-4-5-25-9-11/h2-3,6-8H,4-5,9H2,1H3.